The molecule has 1 heterocycles. The van der Waals surface area contributed by atoms with Crippen LogP contribution < -0.4 is 15.0 Å². The second-order valence-corrected chi connectivity index (χ2v) is 6.01. The maximum absolute atomic E-state index is 12.9. The number of aryl methyl sites for hydroxylation is 1. The highest BCUT2D eigenvalue weighted by Crippen LogP contribution is 2.31. The highest BCUT2D eigenvalue weighted by Gasteiger charge is 2.34. The van der Waals surface area contributed by atoms with Crippen LogP contribution >= 0.6 is 0 Å². The van der Waals surface area contributed by atoms with E-state index in [2.05, 4.69) is 15.0 Å². The van der Waals surface area contributed by atoms with Gasteiger partial charge in [-0.3, -0.25) is 4.79 Å². The normalized spacial score (nSPS) is 11.6. The molecule has 160 valence electrons. The molecule has 0 aliphatic rings. The number of nitrogens with one attached hydrogen (secondary N) is 1. The second kappa shape index (κ2) is 8.48. The van der Waals surface area contributed by atoms with Crippen LogP contribution in [0.25, 0.3) is 0 Å². The molecule has 0 saturated heterocycles. The van der Waals surface area contributed by atoms with Gasteiger partial charge in [0.05, 0.1) is 12.1 Å². The number of nitrogens with zero attached hydrogens (tertiary/aromatic N) is 3. The van der Waals surface area contributed by atoms with Crippen LogP contribution in [-0.4, -0.2) is 30.8 Å². The maximum atomic E-state index is 12.9. The molecule has 0 atom stereocenters. The summed E-state index contributed by atoms with van der Waals surface area (Å²) in [5, 5.41) is 11.6. The number of carbonyl (C=O) groups is 1. The van der Waals surface area contributed by atoms with Crippen molar-refractivity contribution in [2.45, 2.75) is 19.5 Å². The molecular formula is C18H14F6N4O2. The first-order valence-corrected chi connectivity index (χ1v) is 8.17. The van der Waals surface area contributed by atoms with E-state index in [1.165, 1.54) is 26.1 Å². The lowest BCUT2D eigenvalue weighted by Gasteiger charge is -2.19. The third kappa shape index (κ3) is 5.76. The Kier molecular flexibility index (Phi) is 6.44. The van der Waals surface area contributed by atoms with Crippen molar-refractivity contribution in [3.63, 3.8) is 0 Å². The Bertz CT molecular complexity index is 965. The molecule has 12 heteroatoms. The summed E-state index contributed by atoms with van der Waals surface area (Å²) in [6.07, 6.45) is -9.60. The Labute approximate surface area is 166 Å². The minimum absolute atomic E-state index is 0.0309. The molecule has 0 spiro atoms. The second-order valence-electron chi connectivity index (χ2n) is 6.01. The highest BCUT2D eigenvalue weighted by molar-refractivity contribution is 5.95. The first-order valence-electron chi connectivity index (χ1n) is 8.17. The van der Waals surface area contributed by atoms with E-state index in [0.717, 1.165) is 23.1 Å². The molecule has 2 aromatic rings. The van der Waals surface area contributed by atoms with Crippen LogP contribution in [-0.2, 0) is 11.0 Å². The molecule has 1 amide bonds. The lowest BCUT2D eigenvalue weighted by atomic mass is 10.1. The fraction of sp³-hybridized carbons (Fsp3) is 0.278. The van der Waals surface area contributed by atoms with Crippen LogP contribution in [0.4, 0.5) is 37.8 Å². The van der Waals surface area contributed by atoms with Crippen molar-refractivity contribution < 1.29 is 35.9 Å². The van der Waals surface area contributed by atoms with E-state index >= 15 is 0 Å². The molecule has 0 bridgehead atoms. The number of rotatable bonds is 5. The number of aromatic nitrogens is 1. The number of halogens is 6. The summed E-state index contributed by atoms with van der Waals surface area (Å²) in [5.41, 5.74) is -1.12. The van der Waals surface area contributed by atoms with Crippen LogP contribution in [0.2, 0.25) is 0 Å². The third-order valence-electron chi connectivity index (χ3n) is 3.86. The summed E-state index contributed by atoms with van der Waals surface area (Å²) in [6.45, 7) is 0.791. The van der Waals surface area contributed by atoms with Crippen LogP contribution in [0, 0.1) is 18.3 Å². The van der Waals surface area contributed by atoms with Gasteiger partial charge in [-0.1, -0.05) is 0 Å². The molecule has 0 aliphatic carbocycles. The van der Waals surface area contributed by atoms with Crippen molar-refractivity contribution in [1.29, 1.82) is 5.26 Å². The van der Waals surface area contributed by atoms with Crippen molar-refractivity contribution in [2.24, 2.45) is 0 Å². The molecule has 0 unspecified atom stereocenters. The SMILES string of the molecule is Cc1cc(C(F)(F)F)nc(NCC(=O)N(C)c2ccc(OC(F)(F)F)cc2)c1C#N. The van der Waals surface area contributed by atoms with Gasteiger partial charge >= 0.3 is 12.5 Å². The van der Waals surface area contributed by atoms with Crippen LogP contribution in [0.5, 0.6) is 5.75 Å². The van der Waals surface area contributed by atoms with Gasteiger partial charge in [-0.2, -0.15) is 18.4 Å². The number of ether oxygens (including phenoxy) is 1. The van der Waals surface area contributed by atoms with E-state index < -0.39 is 42.3 Å². The Hall–Kier alpha value is -3.49. The smallest absolute Gasteiger partial charge is 0.406 e. The molecule has 30 heavy (non-hydrogen) atoms. The lowest BCUT2D eigenvalue weighted by Crippen LogP contribution is -2.32. The minimum atomic E-state index is -4.86. The summed E-state index contributed by atoms with van der Waals surface area (Å²) >= 11 is 0. The summed E-state index contributed by atoms with van der Waals surface area (Å²) < 4.78 is 79.1. The van der Waals surface area contributed by atoms with Gasteiger partial charge in [-0.15, -0.1) is 13.2 Å². The average molecular weight is 432 g/mol. The van der Waals surface area contributed by atoms with E-state index in [0.29, 0.717) is 0 Å². The molecule has 0 saturated carbocycles. The number of hydrogen-bond acceptors (Lipinski definition) is 5. The number of pyridine rings is 1. The zero-order chi connectivity index (χ0) is 22.7. The minimum Gasteiger partial charge on any atom is -0.406 e. The number of benzene rings is 1. The van der Waals surface area contributed by atoms with Gasteiger partial charge in [0.2, 0.25) is 5.91 Å². The van der Waals surface area contributed by atoms with Gasteiger partial charge in [0, 0.05) is 12.7 Å². The van der Waals surface area contributed by atoms with E-state index in [1.54, 1.807) is 6.07 Å². The standard InChI is InChI=1S/C18H14F6N4O2/c1-10-7-14(17(19,20)21)27-16(13(10)8-25)26-9-15(29)28(2)11-3-5-12(6-4-11)30-18(22,23)24/h3-7H,9H2,1-2H3,(H,26,27). The first-order chi connectivity index (χ1) is 13.8. The Morgan fingerprint density at radius 3 is 2.30 bits per heavy atom. The zero-order valence-corrected chi connectivity index (χ0v) is 15.5. The Morgan fingerprint density at radius 2 is 1.80 bits per heavy atom. The molecule has 6 nitrogen and oxygen atoms in total. The number of hydrogen-bond donors (Lipinski definition) is 1. The summed E-state index contributed by atoms with van der Waals surface area (Å²) in [6, 6.07) is 6.87. The summed E-state index contributed by atoms with van der Waals surface area (Å²) in [4.78, 5) is 16.8. The van der Waals surface area contributed by atoms with E-state index in [-0.39, 0.29) is 16.8 Å². The molecule has 0 radical (unpaired) electrons. The molecule has 1 aromatic heterocycles. The highest BCUT2D eigenvalue weighted by atomic mass is 19.4. The number of nitriles is 1. The maximum Gasteiger partial charge on any atom is 0.573 e. The van der Waals surface area contributed by atoms with Crippen molar-refractivity contribution >= 4 is 17.4 Å². The molecule has 1 N–H and O–H groups in total. The van der Waals surface area contributed by atoms with Gasteiger partial charge in [-0.05, 0) is 42.8 Å². The number of likely N-dealkylation sites (N-methyl/N-ethyl adjacent to an activating group) is 1. The van der Waals surface area contributed by atoms with Crippen molar-refractivity contribution in [2.75, 3.05) is 23.8 Å². The Balaban J connectivity index is 2.13. The quantitative estimate of drug-likeness (QED) is 0.715. The number of alkyl halides is 6. The number of amides is 1. The predicted molar refractivity (Wildman–Crippen MR) is 93.7 cm³/mol. The largest absolute Gasteiger partial charge is 0.573 e. The third-order valence-corrected chi connectivity index (χ3v) is 3.86. The molecular weight excluding hydrogens is 418 g/mol. The fourth-order valence-corrected chi connectivity index (χ4v) is 2.38. The summed E-state index contributed by atoms with van der Waals surface area (Å²) in [7, 11) is 1.32. The fourth-order valence-electron chi connectivity index (χ4n) is 2.38. The van der Waals surface area contributed by atoms with Gasteiger partial charge in [0.25, 0.3) is 0 Å². The molecule has 2 rings (SSSR count). The average Bonchev–Trinajstić information content (AvgIpc) is 2.63. The van der Waals surface area contributed by atoms with Gasteiger partial charge in [0.1, 0.15) is 23.3 Å². The van der Waals surface area contributed by atoms with Crippen molar-refractivity contribution in [3.8, 4) is 11.8 Å². The molecule has 1 aromatic carbocycles. The zero-order valence-electron chi connectivity index (χ0n) is 15.5. The van der Waals surface area contributed by atoms with Gasteiger partial charge < -0.3 is 15.0 Å². The molecule has 0 aliphatic heterocycles. The summed E-state index contributed by atoms with van der Waals surface area (Å²) in [5.74, 6) is -1.52. The molecule has 0 fully saturated rings. The topological polar surface area (TPSA) is 78.2 Å². The lowest BCUT2D eigenvalue weighted by molar-refractivity contribution is -0.274. The Morgan fingerprint density at radius 1 is 1.20 bits per heavy atom. The van der Waals surface area contributed by atoms with Gasteiger partial charge in [0.15, 0.2) is 0 Å². The number of carbonyl (C=O) groups excluding carboxylic acids is 1. The predicted octanol–water partition coefficient (Wildman–Crippen LogP) is 4.25. The van der Waals surface area contributed by atoms with Crippen molar-refractivity contribution in [1.82, 2.24) is 4.98 Å². The van der Waals surface area contributed by atoms with Gasteiger partial charge in [-0.25, -0.2) is 4.98 Å². The van der Waals surface area contributed by atoms with Crippen molar-refractivity contribution in [3.05, 3.63) is 47.2 Å². The number of anilines is 2. The van der Waals surface area contributed by atoms with E-state index in [1.807, 2.05) is 0 Å². The monoisotopic (exact) mass is 432 g/mol. The van der Waals surface area contributed by atoms with Crippen LogP contribution in [0.3, 0.4) is 0 Å². The van der Waals surface area contributed by atoms with E-state index in [4.69, 9.17) is 5.26 Å². The van der Waals surface area contributed by atoms with E-state index in [9.17, 15) is 31.1 Å². The van der Waals surface area contributed by atoms with Crippen LogP contribution in [0.1, 0.15) is 16.8 Å². The first kappa shape index (κ1) is 22.8. The van der Waals surface area contributed by atoms with Crippen LogP contribution in [0.15, 0.2) is 30.3 Å².